The first-order valence-corrected chi connectivity index (χ1v) is 11.0. The fourth-order valence-electron chi connectivity index (χ4n) is 2.70. The molecule has 0 aliphatic carbocycles. The minimum absolute atomic E-state index is 0.0152. The van der Waals surface area contributed by atoms with Gasteiger partial charge in [-0.15, -0.1) is 0 Å². The number of nitrogens with zero attached hydrogens (tertiary/aromatic N) is 2. The van der Waals surface area contributed by atoms with E-state index in [0.717, 1.165) is 10.4 Å². The van der Waals surface area contributed by atoms with Crippen LogP contribution in [0.5, 0.6) is 0 Å². The summed E-state index contributed by atoms with van der Waals surface area (Å²) >= 11 is 5.78. The van der Waals surface area contributed by atoms with Crippen LogP contribution in [0.4, 0.5) is 4.39 Å². The lowest BCUT2D eigenvalue weighted by atomic mass is 10.3. The average Bonchev–Trinajstić information content (AvgIpc) is 2.62. The lowest BCUT2D eigenvalue weighted by molar-refractivity contribution is 0.272. The second-order valence-corrected chi connectivity index (χ2v) is 9.97. The highest BCUT2D eigenvalue weighted by molar-refractivity contribution is 7.89. The van der Waals surface area contributed by atoms with E-state index in [1.165, 1.54) is 46.8 Å². The second kappa shape index (κ2) is 7.24. The summed E-state index contributed by atoms with van der Waals surface area (Å²) in [5, 5.41) is 0.421. The molecule has 2 aromatic rings. The summed E-state index contributed by atoms with van der Waals surface area (Å²) < 4.78 is 66.6. The van der Waals surface area contributed by atoms with Gasteiger partial charge in [0.25, 0.3) is 0 Å². The summed E-state index contributed by atoms with van der Waals surface area (Å²) in [6.45, 7) is -0.135. The molecule has 2 aromatic carbocycles. The molecule has 0 spiro atoms. The van der Waals surface area contributed by atoms with Gasteiger partial charge < -0.3 is 0 Å². The van der Waals surface area contributed by atoms with Gasteiger partial charge in [0, 0.05) is 31.2 Å². The van der Waals surface area contributed by atoms with E-state index in [9.17, 15) is 21.2 Å². The van der Waals surface area contributed by atoms with Crippen LogP contribution >= 0.6 is 11.6 Å². The zero-order valence-electron chi connectivity index (χ0n) is 13.5. The molecule has 1 aliphatic heterocycles. The highest BCUT2D eigenvalue weighted by atomic mass is 35.5. The van der Waals surface area contributed by atoms with Crippen LogP contribution in [0.3, 0.4) is 0 Å². The predicted molar refractivity (Wildman–Crippen MR) is 95.4 cm³/mol. The molecule has 140 valence electrons. The Bertz CT molecular complexity index is 1000. The fraction of sp³-hybridized carbons (Fsp3) is 0.250. The Morgan fingerprint density at radius 1 is 0.769 bits per heavy atom. The van der Waals surface area contributed by atoms with Crippen molar-refractivity contribution in [1.82, 2.24) is 8.61 Å². The Morgan fingerprint density at radius 2 is 1.27 bits per heavy atom. The maximum Gasteiger partial charge on any atom is 0.246 e. The molecule has 6 nitrogen and oxygen atoms in total. The molecule has 26 heavy (non-hydrogen) atoms. The molecule has 0 aromatic heterocycles. The number of halogens is 2. The van der Waals surface area contributed by atoms with E-state index in [4.69, 9.17) is 11.6 Å². The predicted octanol–water partition coefficient (Wildman–Crippen LogP) is 2.17. The van der Waals surface area contributed by atoms with Crippen molar-refractivity contribution < 1.29 is 21.2 Å². The largest absolute Gasteiger partial charge is 0.246 e. The van der Waals surface area contributed by atoms with Crippen LogP contribution in [-0.4, -0.2) is 51.6 Å². The molecule has 1 aliphatic rings. The molecule has 0 bridgehead atoms. The quantitative estimate of drug-likeness (QED) is 0.762. The van der Waals surface area contributed by atoms with E-state index in [1.54, 1.807) is 0 Å². The number of benzene rings is 2. The summed E-state index contributed by atoms with van der Waals surface area (Å²) in [4.78, 5) is -0.318. The van der Waals surface area contributed by atoms with Crippen LogP contribution in [0.15, 0.2) is 58.3 Å². The van der Waals surface area contributed by atoms with E-state index < -0.39 is 30.8 Å². The molecule has 10 heteroatoms. The monoisotopic (exact) mass is 418 g/mol. The Morgan fingerprint density at radius 3 is 1.81 bits per heavy atom. The van der Waals surface area contributed by atoms with E-state index in [1.807, 2.05) is 0 Å². The van der Waals surface area contributed by atoms with E-state index in [-0.39, 0.29) is 31.1 Å². The van der Waals surface area contributed by atoms with Gasteiger partial charge in [-0.2, -0.15) is 8.61 Å². The van der Waals surface area contributed by atoms with Crippen LogP contribution in [0.25, 0.3) is 0 Å². The molecular formula is C16H16ClFN2O4S2. The molecule has 0 radical (unpaired) electrons. The van der Waals surface area contributed by atoms with Crippen LogP contribution in [0.2, 0.25) is 5.02 Å². The van der Waals surface area contributed by atoms with Crippen molar-refractivity contribution in [2.75, 3.05) is 26.2 Å². The lowest BCUT2D eigenvalue weighted by Gasteiger charge is -2.33. The molecule has 0 saturated carbocycles. The molecule has 0 atom stereocenters. The van der Waals surface area contributed by atoms with Gasteiger partial charge >= 0.3 is 0 Å². The Hall–Kier alpha value is -1.52. The minimum Gasteiger partial charge on any atom is -0.207 e. The maximum absolute atomic E-state index is 13.8. The first-order chi connectivity index (χ1) is 12.2. The first kappa shape index (κ1) is 19.2. The Kier molecular flexibility index (Phi) is 5.36. The van der Waals surface area contributed by atoms with Gasteiger partial charge in [0.2, 0.25) is 20.0 Å². The summed E-state index contributed by atoms with van der Waals surface area (Å²) in [6.07, 6.45) is 0. The van der Waals surface area contributed by atoms with Gasteiger partial charge in [-0.05, 0) is 36.4 Å². The van der Waals surface area contributed by atoms with Gasteiger partial charge in [-0.1, -0.05) is 23.7 Å². The average molecular weight is 419 g/mol. The zero-order valence-corrected chi connectivity index (χ0v) is 15.9. The number of piperazine rings is 1. The van der Waals surface area contributed by atoms with Crippen molar-refractivity contribution in [1.29, 1.82) is 0 Å². The van der Waals surface area contributed by atoms with Crippen molar-refractivity contribution in [2.24, 2.45) is 0 Å². The molecule has 0 N–H and O–H groups in total. The number of hydrogen-bond acceptors (Lipinski definition) is 4. The van der Waals surface area contributed by atoms with Gasteiger partial charge in [-0.3, -0.25) is 0 Å². The normalized spacial score (nSPS) is 17.3. The Balaban J connectivity index is 1.77. The smallest absolute Gasteiger partial charge is 0.207 e. The standard InChI is InChI=1S/C16H16ClFN2O4S2/c17-13-5-7-14(8-6-13)25(21,22)19-9-11-20(12-10-19)26(23,24)16-4-2-1-3-15(16)18/h1-8H,9-12H2. The van der Waals surface area contributed by atoms with Gasteiger partial charge in [-0.25, -0.2) is 21.2 Å². The molecule has 1 fully saturated rings. The molecule has 0 unspecified atom stereocenters. The van der Waals surface area contributed by atoms with Crippen LogP contribution in [-0.2, 0) is 20.0 Å². The second-order valence-electron chi connectivity index (χ2n) is 5.69. The van der Waals surface area contributed by atoms with Crippen molar-refractivity contribution in [2.45, 2.75) is 9.79 Å². The van der Waals surface area contributed by atoms with Crippen molar-refractivity contribution in [3.05, 3.63) is 59.4 Å². The van der Waals surface area contributed by atoms with Crippen molar-refractivity contribution in [3.8, 4) is 0 Å². The summed E-state index contributed by atoms with van der Waals surface area (Å²) in [5.74, 6) is -0.830. The van der Waals surface area contributed by atoms with Gasteiger partial charge in [0.1, 0.15) is 10.7 Å². The summed E-state index contributed by atoms with van der Waals surface area (Å²) in [7, 11) is -7.75. The van der Waals surface area contributed by atoms with Crippen molar-refractivity contribution >= 4 is 31.6 Å². The highest BCUT2D eigenvalue weighted by Crippen LogP contribution is 2.23. The van der Waals surface area contributed by atoms with Gasteiger partial charge in [0.05, 0.1) is 4.90 Å². The maximum atomic E-state index is 13.8. The zero-order chi connectivity index (χ0) is 18.9. The third kappa shape index (κ3) is 3.63. The summed E-state index contributed by atoms with van der Waals surface area (Å²) in [5.41, 5.74) is 0. The first-order valence-electron chi connectivity index (χ1n) is 7.73. The number of sulfonamides is 2. The van der Waals surface area contributed by atoms with Crippen LogP contribution < -0.4 is 0 Å². The van der Waals surface area contributed by atoms with E-state index in [0.29, 0.717) is 5.02 Å². The lowest BCUT2D eigenvalue weighted by Crippen LogP contribution is -2.50. The minimum atomic E-state index is -4.01. The van der Waals surface area contributed by atoms with Gasteiger partial charge in [0.15, 0.2) is 0 Å². The summed E-state index contributed by atoms with van der Waals surface area (Å²) in [6, 6.07) is 10.9. The van der Waals surface area contributed by atoms with E-state index in [2.05, 4.69) is 0 Å². The Labute approximate surface area is 156 Å². The van der Waals surface area contributed by atoms with Crippen LogP contribution in [0, 0.1) is 5.82 Å². The number of hydrogen-bond donors (Lipinski definition) is 0. The molecule has 0 amide bonds. The van der Waals surface area contributed by atoms with E-state index >= 15 is 0 Å². The molecule has 1 heterocycles. The SMILES string of the molecule is O=S(=O)(c1ccc(Cl)cc1)N1CCN(S(=O)(=O)c2ccccc2F)CC1. The third-order valence-corrected chi connectivity index (χ3v) is 8.20. The fourth-order valence-corrected chi connectivity index (χ4v) is 5.73. The van der Waals surface area contributed by atoms with Crippen molar-refractivity contribution in [3.63, 3.8) is 0 Å². The molecule has 1 saturated heterocycles. The topological polar surface area (TPSA) is 74.8 Å². The molecular weight excluding hydrogens is 403 g/mol. The highest BCUT2D eigenvalue weighted by Gasteiger charge is 2.34. The number of rotatable bonds is 4. The third-order valence-electron chi connectivity index (χ3n) is 4.10. The molecule has 3 rings (SSSR count). The van der Waals surface area contributed by atoms with Crippen LogP contribution in [0.1, 0.15) is 0 Å².